The largest absolute Gasteiger partial charge is 0.480 e. The van der Waals surface area contributed by atoms with Crippen molar-refractivity contribution in [1.29, 1.82) is 0 Å². The minimum atomic E-state index is -0.103. The summed E-state index contributed by atoms with van der Waals surface area (Å²) in [6.07, 6.45) is 13.7. The predicted molar refractivity (Wildman–Crippen MR) is 145 cm³/mol. The molecule has 0 aliphatic heterocycles. The van der Waals surface area contributed by atoms with Crippen LogP contribution in [0, 0.1) is 19.3 Å². The maximum Gasteiger partial charge on any atom is 0.259 e. The van der Waals surface area contributed by atoms with E-state index in [1.165, 1.54) is 17.7 Å². The fourth-order valence-corrected chi connectivity index (χ4v) is 5.76. The molecule has 0 unspecified atom stereocenters. The molecular weight excluding hydrogens is 508 g/mol. The number of aliphatic imine (C=N–C) groups is 1. The number of benzene rings is 2. The molecule has 3 aromatic rings. The molecule has 4 nitrogen and oxygen atoms in total. The van der Waals surface area contributed by atoms with Gasteiger partial charge in [-0.2, -0.15) is 0 Å². The van der Waals surface area contributed by atoms with Gasteiger partial charge in [0.25, 0.3) is 5.91 Å². The molecule has 1 N–H and O–H groups in total. The summed E-state index contributed by atoms with van der Waals surface area (Å²) in [6, 6.07) is 13.6. The lowest BCUT2D eigenvalue weighted by Gasteiger charge is -2.12. The minimum Gasteiger partial charge on any atom is -0.480 e. The lowest BCUT2D eigenvalue weighted by Crippen LogP contribution is -2.14. The van der Waals surface area contributed by atoms with Crippen molar-refractivity contribution >= 4 is 50.1 Å². The first-order chi connectivity index (χ1) is 16.5. The van der Waals surface area contributed by atoms with E-state index in [1.54, 1.807) is 17.6 Å². The van der Waals surface area contributed by atoms with Gasteiger partial charge in [-0.25, -0.2) is 4.99 Å². The van der Waals surface area contributed by atoms with Crippen molar-refractivity contribution in [2.45, 2.75) is 45.4 Å². The van der Waals surface area contributed by atoms with Gasteiger partial charge in [-0.05, 0) is 74.1 Å². The number of halogens is 1. The molecule has 2 aromatic carbocycles. The van der Waals surface area contributed by atoms with Crippen LogP contribution in [0.1, 0.15) is 57.6 Å². The van der Waals surface area contributed by atoms with Gasteiger partial charge in [-0.1, -0.05) is 46.8 Å². The minimum absolute atomic E-state index is 0.103. The number of terminal acetylenes is 1. The van der Waals surface area contributed by atoms with E-state index >= 15 is 0 Å². The molecule has 0 saturated carbocycles. The summed E-state index contributed by atoms with van der Waals surface area (Å²) in [5, 5.41) is 3.83. The summed E-state index contributed by atoms with van der Waals surface area (Å²) in [4.78, 5) is 19.6. The van der Waals surface area contributed by atoms with Gasteiger partial charge < -0.3 is 10.1 Å². The zero-order chi connectivity index (χ0) is 23.9. The van der Waals surface area contributed by atoms with Gasteiger partial charge in [0.05, 0.1) is 5.56 Å². The van der Waals surface area contributed by atoms with Crippen molar-refractivity contribution in [2.75, 3.05) is 11.9 Å². The van der Waals surface area contributed by atoms with Crippen LogP contribution in [-0.2, 0) is 12.8 Å². The standard InChI is InChI=1S/C28H27BrN2O2S/c1-3-15-33-24-14-13-21(29)17-20(24)18-30-28-26(23-11-6-4-5-7-12-25(23)34-28)27(32)31-22-10-8-9-19(2)16-22/h1,8-10,13-14,16-18H,4-7,11-12,15H2,2H3,(H,31,32). The van der Waals surface area contributed by atoms with E-state index in [9.17, 15) is 4.79 Å². The quantitative estimate of drug-likeness (QED) is 0.263. The maximum atomic E-state index is 13.5. The number of carbonyl (C=O) groups is 1. The molecule has 34 heavy (non-hydrogen) atoms. The lowest BCUT2D eigenvalue weighted by molar-refractivity contribution is 0.102. The highest BCUT2D eigenvalue weighted by molar-refractivity contribution is 9.10. The van der Waals surface area contributed by atoms with Crippen LogP contribution in [0.5, 0.6) is 5.75 Å². The molecule has 0 spiro atoms. The number of hydrogen-bond acceptors (Lipinski definition) is 4. The monoisotopic (exact) mass is 534 g/mol. The highest BCUT2D eigenvalue weighted by atomic mass is 79.9. The molecule has 0 fully saturated rings. The normalized spacial score (nSPS) is 13.6. The Morgan fingerprint density at radius 1 is 1.21 bits per heavy atom. The summed E-state index contributed by atoms with van der Waals surface area (Å²) < 4.78 is 6.60. The number of anilines is 1. The van der Waals surface area contributed by atoms with Crippen LogP contribution in [0.15, 0.2) is 51.9 Å². The Labute approximate surface area is 213 Å². The number of ether oxygens (including phenoxy) is 1. The van der Waals surface area contributed by atoms with Crippen LogP contribution in [0.25, 0.3) is 0 Å². The van der Waals surface area contributed by atoms with Crippen molar-refractivity contribution in [1.82, 2.24) is 0 Å². The number of nitrogens with zero attached hydrogens (tertiary/aromatic N) is 1. The lowest BCUT2D eigenvalue weighted by atomic mass is 9.96. The Hall–Kier alpha value is -2.88. The van der Waals surface area contributed by atoms with E-state index in [4.69, 9.17) is 16.2 Å². The SMILES string of the molecule is C#CCOc1ccc(Br)cc1C=Nc1sc2c(c1C(=O)Nc1cccc(C)c1)CCCCCC2. The highest BCUT2D eigenvalue weighted by Gasteiger charge is 2.24. The van der Waals surface area contributed by atoms with Crippen LogP contribution >= 0.6 is 27.3 Å². The Balaban J connectivity index is 1.72. The number of amides is 1. The van der Waals surface area contributed by atoms with E-state index in [-0.39, 0.29) is 12.5 Å². The fraction of sp³-hybridized carbons (Fsp3) is 0.286. The van der Waals surface area contributed by atoms with Crippen LogP contribution in [-0.4, -0.2) is 18.7 Å². The Morgan fingerprint density at radius 3 is 2.82 bits per heavy atom. The number of thiophene rings is 1. The van der Waals surface area contributed by atoms with Crippen molar-refractivity contribution in [3.05, 3.63) is 74.1 Å². The second-order valence-electron chi connectivity index (χ2n) is 8.35. The van der Waals surface area contributed by atoms with Crippen molar-refractivity contribution < 1.29 is 9.53 Å². The zero-order valence-electron chi connectivity index (χ0n) is 19.2. The molecule has 1 aliphatic rings. The van der Waals surface area contributed by atoms with Gasteiger partial charge in [-0.3, -0.25) is 4.79 Å². The fourth-order valence-electron chi connectivity index (χ4n) is 4.15. The zero-order valence-corrected chi connectivity index (χ0v) is 21.6. The van der Waals surface area contributed by atoms with Crippen LogP contribution in [0.2, 0.25) is 0 Å². The molecule has 0 atom stereocenters. The second-order valence-corrected chi connectivity index (χ2v) is 10.4. The van der Waals surface area contributed by atoms with Gasteiger partial charge in [0, 0.05) is 26.8 Å². The number of fused-ring (bicyclic) bond motifs is 1. The molecular formula is C28H27BrN2O2S. The number of nitrogens with one attached hydrogen (secondary N) is 1. The van der Waals surface area contributed by atoms with Gasteiger partial charge >= 0.3 is 0 Å². The first-order valence-corrected chi connectivity index (χ1v) is 13.1. The first kappa shape index (κ1) is 24.3. The van der Waals surface area contributed by atoms with Gasteiger partial charge in [0.1, 0.15) is 17.4 Å². The molecule has 1 heterocycles. The van der Waals surface area contributed by atoms with E-state index in [0.29, 0.717) is 11.3 Å². The molecule has 1 aliphatic carbocycles. The summed E-state index contributed by atoms with van der Waals surface area (Å²) in [5.74, 6) is 3.05. The Kier molecular flexibility index (Phi) is 8.21. The molecule has 0 radical (unpaired) electrons. The van der Waals surface area contributed by atoms with E-state index in [0.717, 1.165) is 57.5 Å². The Bertz CT molecular complexity index is 1260. The number of hydrogen-bond donors (Lipinski definition) is 1. The highest BCUT2D eigenvalue weighted by Crippen LogP contribution is 2.39. The average molecular weight is 536 g/mol. The second kappa shape index (κ2) is 11.5. The summed E-state index contributed by atoms with van der Waals surface area (Å²) >= 11 is 5.15. The predicted octanol–water partition coefficient (Wildman–Crippen LogP) is 7.49. The third kappa shape index (κ3) is 5.97. The molecule has 6 heteroatoms. The number of aryl methyl sites for hydroxylation is 2. The third-order valence-electron chi connectivity index (χ3n) is 5.76. The van der Waals surface area contributed by atoms with E-state index in [2.05, 4.69) is 27.2 Å². The van der Waals surface area contributed by atoms with Crippen LogP contribution in [0.4, 0.5) is 10.7 Å². The molecule has 1 aromatic heterocycles. The summed E-state index contributed by atoms with van der Waals surface area (Å²) in [6.45, 7) is 2.20. The third-order valence-corrected chi connectivity index (χ3v) is 7.45. The van der Waals surface area contributed by atoms with Gasteiger partial charge in [0.2, 0.25) is 0 Å². The number of carbonyl (C=O) groups excluding carboxylic acids is 1. The summed E-state index contributed by atoms with van der Waals surface area (Å²) in [7, 11) is 0. The average Bonchev–Trinajstić information content (AvgIpc) is 3.13. The van der Waals surface area contributed by atoms with Crippen molar-refractivity contribution in [2.24, 2.45) is 4.99 Å². The molecule has 174 valence electrons. The summed E-state index contributed by atoms with van der Waals surface area (Å²) in [5.41, 5.74) is 4.55. The van der Waals surface area contributed by atoms with E-state index < -0.39 is 0 Å². The Morgan fingerprint density at radius 2 is 2.03 bits per heavy atom. The smallest absolute Gasteiger partial charge is 0.259 e. The van der Waals surface area contributed by atoms with Crippen LogP contribution in [0.3, 0.4) is 0 Å². The van der Waals surface area contributed by atoms with E-state index in [1.807, 2.05) is 49.4 Å². The first-order valence-electron chi connectivity index (χ1n) is 11.5. The number of rotatable bonds is 6. The van der Waals surface area contributed by atoms with Crippen molar-refractivity contribution in [3.8, 4) is 18.1 Å². The van der Waals surface area contributed by atoms with Crippen molar-refractivity contribution in [3.63, 3.8) is 0 Å². The maximum absolute atomic E-state index is 13.5. The van der Waals surface area contributed by atoms with Gasteiger partial charge in [0.15, 0.2) is 0 Å². The molecule has 4 rings (SSSR count). The van der Waals surface area contributed by atoms with Crippen LogP contribution < -0.4 is 10.1 Å². The van der Waals surface area contributed by atoms with Gasteiger partial charge in [-0.15, -0.1) is 17.8 Å². The molecule has 1 amide bonds. The molecule has 0 bridgehead atoms. The topological polar surface area (TPSA) is 50.7 Å². The molecule has 0 saturated heterocycles.